The molecule has 4 rings (SSSR count). The molecule has 0 unspecified atom stereocenters. The third-order valence-electron chi connectivity index (χ3n) is 10.7. The molecule has 15 heteroatoms. The molecule has 4 N–H and O–H groups in total. The van der Waals surface area contributed by atoms with Gasteiger partial charge in [0.05, 0.1) is 0 Å². The van der Waals surface area contributed by atoms with E-state index in [4.69, 9.17) is 19.9 Å². The molecule has 0 radical (unpaired) electrons. The van der Waals surface area contributed by atoms with Gasteiger partial charge in [0.25, 0.3) is 17.7 Å². The lowest BCUT2D eigenvalue weighted by Crippen LogP contribution is -2.57. The molecule has 3 amide bonds. The summed E-state index contributed by atoms with van der Waals surface area (Å²) in [6.45, 7) is 10.4. The Hall–Kier alpha value is -5.44. The van der Waals surface area contributed by atoms with Crippen molar-refractivity contribution in [2.75, 3.05) is 27.7 Å². The summed E-state index contributed by atoms with van der Waals surface area (Å²) >= 11 is 0. The number of cyclic esters (lactones) is 3. The predicted molar refractivity (Wildman–Crippen MR) is 216 cm³/mol. The van der Waals surface area contributed by atoms with E-state index < -0.39 is 89.8 Å². The number of carbonyl (C=O) groups excluding carboxylic acids is 6. The van der Waals surface area contributed by atoms with Crippen molar-refractivity contribution in [3.8, 4) is 5.75 Å². The summed E-state index contributed by atoms with van der Waals surface area (Å²) in [6, 6.07) is 9.66. The van der Waals surface area contributed by atoms with E-state index in [9.17, 15) is 33.9 Å². The maximum Gasteiger partial charge on any atom is 0.329 e. The fraction of sp³-hybridized carbons (Fsp3) is 0.535. The summed E-state index contributed by atoms with van der Waals surface area (Å²) in [5.41, 5.74) is 7.91. The summed E-state index contributed by atoms with van der Waals surface area (Å²) in [5.74, 6) is -6.42. The lowest BCUT2D eigenvalue weighted by atomic mass is 9.98. The fourth-order valence-corrected chi connectivity index (χ4v) is 7.17. The van der Waals surface area contributed by atoms with E-state index in [1.54, 1.807) is 59.9 Å². The van der Waals surface area contributed by atoms with Crippen molar-refractivity contribution < 1.29 is 48.1 Å². The van der Waals surface area contributed by atoms with Gasteiger partial charge < -0.3 is 44.7 Å². The van der Waals surface area contributed by atoms with Crippen molar-refractivity contribution >= 4 is 46.5 Å². The smallest absolute Gasteiger partial charge is 0.329 e. The Labute approximate surface area is 340 Å². The second-order valence-corrected chi connectivity index (χ2v) is 16.1. The number of hydrogen-bond donors (Lipinski definition) is 3. The molecule has 1 aliphatic rings. The van der Waals surface area contributed by atoms with Gasteiger partial charge in [-0.2, -0.15) is 0 Å². The number of nitrogens with two attached hydrogens (primary N) is 1. The molecular formula is C43H59N5O10. The molecule has 0 aliphatic carbocycles. The highest BCUT2D eigenvalue weighted by atomic mass is 16.6. The van der Waals surface area contributed by atoms with Gasteiger partial charge in [-0.25, -0.2) is 14.4 Å². The number of phenols is 1. The van der Waals surface area contributed by atoms with Crippen LogP contribution in [0.4, 0.5) is 0 Å². The number of likely N-dealkylation sites (N-methyl/N-ethyl adjacent to an activating group) is 3. The molecule has 1 saturated heterocycles. The summed E-state index contributed by atoms with van der Waals surface area (Å²) in [7, 11) is 4.21. The number of ether oxygens (including phenoxy) is 3. The van der Waals surface area contributed by atoms with Gasteiger partial charge >= 0.3 is 17.9 Å². The van der Waals surface area contributed by atoms with E-state index in [1.165, 1.54) is 43.1 Å². The normalized spacial score (nSPS) is 23.7. The van der Waals surface area contributed by atoms with E-state index in [2.05, 4.69) is 4.98 Å². The first-order valence-electron chi connectivity index (χ1n) is 19.8. The number of fused-ring (bicyclic) bond motifs is 1. The number of hydrogen-bond acceptors (Lipinski definition) is 11. The van der Waals surface area contributed by atoms with Gasteiger partial charge in [0, 0.05) is 51.1 Å². The Balaban J connectivity index is 1.89. The second-order valence-electron chi connectivity index (χ2n) is 16.1. The summed E-state index contributed by atoms with van der Waals surface area (Å²) in [5, 5.41) is 10.7. The van der Waals surface area contributed by atoms with Crippen LogP contribution in [0.15, 0.2) is 54.7 Å². The molecule has 15 nitrogen and oxygen atoms in total. The zero-order valence-corrected chi connectivity index (χ0v) is 35.0. The molecule has 316 valence electrons. The molecule has 0 saturated carbocycles. The topological polar surface area (TPSA) is 202 Å². The minimum atomic E-state index is -1.44. The highest BCUT2D eigenvalue weighted by Crippen LogP contribution is 2.26. The van der Waals surface area contributed by atoms with Crippen LogP contribution in [-0.4, -0.2) is 125 Å². The van der Waals surface area contributed by atoms with Crippen LogP contribution in [0.3, 0.4) is 0 Å². The number of para-hydroxylation sites is 1. The Morgan fingerprint density at radius 3 is 1.79 bits per heavy atom. The number of phenolic OH excluding ortho intramolecular Hbond substituents is 1. The van der Waals surface area contributed by atoms with Gasteiger partial charge in [-0.3, -0.25) is 14.4 Å². The monoisotopic (exact) mass is 805 g/mol. The van der Waals surface area contributed by atoms with Gasteiger partial charge in [0.15, 0.2) is 18.3 Å². The van der Waals surface area contributed by atoms with Crippen molar-refractivity contribution in [3.05, 3.63) is 65.9 Å². The first-order valence-corrected chi connectivity index (χ1v) is 19.8. The number of aromatic amines is 1. The zero-order valence-electron chi connectivity index (χ0n) is 35.0. The van der Waals surface area contributed by atoms with Crippen LogP contribution in [0.25, 0.3) is 10.9 Å². The quantitative estimate of drug-likeness (QED) is 0.200. The molecule has 58 heavy (non-hydrogen) atoms. The summed E-state index contributed by atoms with van der Waals surface area (Å²) < 4.78 is 17.9. The number of H-pyrrole nitrogens is 1. The average Bonchev–Trinajstić information content (AvgIpc) is 3.59. The zero-order chi connectivity index (χ0) is 43.0. The SMILES string of the molecule is CC(C)[C@@H]1OC(=O)[C@H](C(C)C)N(C)C(=O)[C@H](C(C)C)OC(=O)[C@H](Cc2ccc(O)cc2)N(C)C(=O)[C@H](CCCN)OC(=O)[C@@H](Cc2c[nH]c3ccccc23)N(C)C1=O. The first kappa shape index (κ1) is 45.3. The number of aromatic hydroxyl groups is 1. The van der Waals surface area contributed by atoms with Crippen LogP contribution in [0.1, 0.15) is 65.5 Å². The summed E-state index contributed by atoms with van der Waals surface area (Å²) in [4.78, 5) is 92.8. The maximum absolute atomic E-state index is 14.5. The number of rotatable bonds is 10. The third-order valence-corrected chi connectivity index (χ3v) is 10.7. The lowest BCUT2D eigenvalue weighted by molar-refractivity contribution is -0.179. The van der Waals surface area contributed by atoms with Crippen molar-refractivity contribution in [2.24, 2.45) is 23.5 Å². The maximum atomic E-state index is 14.5. The van der Waals surface area contributed by atoms with Crippen molar-refractivity contribution in [1.82, 2.24) is 19.7 Å². The standard InChI is InChI=1S/C43H59N5O10/c1-24(2)35-43(55)58-36(25(3)4)39(51)47(8)33(22-28-23-45-31-14-11-10-13-30(28)31)41(53)56-34(15-12-20-44)38(50)46(7)32(21-27-16-18-29(49)19-17-27)42(54)57-37(26(5)6)40(52)48(35)9/h10-11,13-14,16-19,23-26,32-37,45,49H,12,15,20-22,44H2,1-9H3/t32-,33+,34-,35-,36-,37-/m0/s1. The van der Waals surface area contributed by atoms with Crippen LogP contribution in [-0.2, 0) is 55.8 Å². The third kappa shape index (κ3) is 10.5. The minimum absolute atomic E-state index is 0.00804. The van der Waals surface area contributed by atoms with E-state index in [1.807, 2.05) is 24.3 Å². The van der Waals surface area contributed by atoms with Crippen molar-refractivity contribution in [3.63, 3.8) is 0 Å². The second kappa shape index (κ2) is 19.8. The Morgan fingerprint density at radius 1 is 0.672 bits per heavy atom. The first-order chi connectivity index (χ1) is 27.4. The Bertz CT molecular complexity index is 1930. The lowest BCUT2D eigenvalue weighted by Gasteiger charge is -2.37. The highest BCUT2D eigenvalue weighted by molar-refractivity contribution is 5.94. The molecule has 3 aromatic rings. The van der Waals surface area contributed by atoms with E-state index in [0.717, 1.165) is 15.8 Å². The molecular weight excluding hydrogens is 746 g/mol. The molecule has 1 aliphatic heterocycles. The molecule has 1 aromatic heterocycles. The van der Waals surface area contributed by atoms with Crippen LogP contribution < -0.4 is 5.73 Å². The van der Waals surface area contributed by atoms with Crippen LogP contribution in [0, 0.1) is 17.8 Å². The summed E-state index contributed by atoms with van der Waals surface area (Å²) in [6.07, 6.45) is -2.34. The van der Waals surface area contributed by atoms with Crippen molar-refractivity contribution in [2.45, 2.75) is 104 Å². The molecule has 0 bridgehead atoms. The molecule has 6 atom stereocenters. The molecule has 2 heterocycles. The van der Waals surface area contributed by atoms with Crippen molar-refractivity contribution in [1.29, 1.82) is 0 Å². The number of carbonyl (C=O) groups is 6. The van der Waals surface area contributed by atoms with Crippen LogP contribution >= 0.6 is 0 Å². The Kier molecular flexibility index (Phi) is 15.5. The number of aromatic nitrogens is 1. The van der Waals surface area contributed by atoms with Gasteiger partial charge in [-0.05, 0) is 66.5 Å². The van der Waals surface area contributed by atoms with Crippen LogP contribution in [0.5, 0.6) is 5.75 Å². The average molecular weight is 806 g/mol. The highest BCUT2D eigenvalue weighted by Gasteiger charge is 2.44. The number of esters is 3. The van der Waals surface area contributed by atoms with Gasteiger partial charge in [0.2, 0.25) is 0 Å². The number of amides is 3. The van der Waals surface area contributed by atoms with Crippen LogP contribution in [0.2, 0.25) is 0 Å². The largest absolute Gasteiger partial charge is 0.508 e. The van der Waals surface area contributed by atoms with E-state index in [-0.39, 0.29) is 38.0 Å². The number of benzene rings is 2. The number of nitrogens with zero attached hydrogens (tertiary/aromatic N) is 3. The van der Waals surface area contributed by atoms with Gasteiger partial charge in [-0.1, -0.05) is 71.9 Å². The van der Waals surface area contributed by atoms with Gasteiger partial charge in [-0.15, -0.1) is 0 Å². The minimum Gasteiger partial charge on any atom is -0.508 e. The Morgan fingerprint density at radius 2 is 1.21 bits per heavy atom. The molecule has 1 fully saturated rings. The molecule has 2 aromatic carbocycles. The van der Waals surface area contributed by atoms with E-state index >= 15 is 0 Å². The number of nitrogens with one attached hydrogen (secondary N) is 1. The van der Waals surface area contributed by atoms with E-state index in [0.29, 0.717) is 11.1 Å². The van der Waals surface area contributed by atoms with Gasteiger partial charge in [0.1, 0.15) is 23.9 Å². The predicted octanol–water partition coefficient (Wildman–Crippen LogP) is 3.60. The molecule has 0 spiro atoms. The fourth-order valence-electron chi connectivity index (χ4n) is 7.17.